The number of rotatable bonds is 3. The highest BCUT2D eigenvalue weighted by Gasteiger charge is 2.08. The van der Waals surface area contributed by atoms with Crippen LogP contribution in [0.5, 0.6) is 0 Å². The van der Waals surface area contributed by atoms with Gasteiger partial charge in [-0.15, -0.1) is 0 Å². The Kier molecular flexibility index (Phi) is 3.76. The van der Waals surface area contributed by atoms with Gasteiger partial charge in [0.1, 0.15) is 11.6 Å². The van der Waals surface area contributed by atoms with Crippen LogP contribution in [-0.4, -0.2) is 0 Å². The average molecular weight is 258 g/mol. The molecule has 1 atom stereocenters. The van der Waals surface area contributed by atoms with E-state index in [2.05, 4.69) is 5.32 Å². The highest BCUT2D eigenvalue weighted by Crippen LogP contribution is 2.21. The minimum Gasteiger partial charge on any atom is -0.378 e. The Morgan fingerprint density at radius 3 is 2.58 bits per heavy atom. The Balaban J connectivity index is 2.21. The van der Waals surface area contributed by atoms with E-state index in [1.54, 1.807) is 18.2 Å². The predicted octanol–water partition coefficient (Wildman–Crippen LogP) is 4.01. The summed E-state index contributed by atoms with van der Waals surface area (Å²) in [6, 6.07) is 11.9. The monoisotopic (exact) mass is 258 g/mol. The van der Waals surface area contributed by atoms with E-state index in [9.17, 15) is 8.78 Å². The van der Waals surface area contributed by atoms with Gasteiger partial charge in [-0.3, -0.25) is 0 Å². The van der Waals surface area contributed by atoms with Gasteiger partial charge in [-0.25, -0.2) is 8.78 Å². The summed E-state index contributed by atoms with van der Waals surface area (Å²) in [6.45, 7) is 1.84. The number of nitrogens with zero attached hydrogens (tertiary/aromatic N) is 1. The molecule has 0 heterocycles. The predicted molar refractivity (Wildman–Crippen MR) is 69.6 cm³/mol. The Bertz CT molecular complexity index is 632. The Hall–Kier alpha value is -2.41. The van der Waals surface area contributed by atoms with E-state index < -0.39 is 5.82 Å². The van der Waals surface area contributed by atoms with Crippen LogP contribution in [-0.2, 0) is 0 Å². The smallest absolute Gasteiger partial charge is 0.126 e. The van der Waals surface area contributed by atoms with Crippen LogP contribution in [0.2, 0.25) is 0 Å². The molecule has 2 aromatic rings. The van der Waals surface area contributed by atoms with Gasteiger partial charge in [0.05, 0.1) is 11.6 Å². The first-order chi connectivity index (χ1) is 9.08. The number of halogens is 2. The van der Waals surface area contributed by atoms with Crippen molar-refractivity contribution in [3.05, 3.63) is 65.2 Å². The van der Waals surface area contributed by atoms with E-state index in [0.29, 0.717) is 5.69 Å². The number of nitrogens with one attached hydrogen (secondary N) is 1. The standard InChI is InChI=1S/C15H12F2N2/c1-10(12-3-2-4-13(16)7-12)19-15-6-11(9-18)5-14(17)8-15/h2-8,10,19H,1H3. The van der Waals surface area contributed by atoms with Crippen LogP contribution in [0, 0.1) is 23.0 Å². The van der Waals surface area contributed by atoms with Crippen molar-refractivity contribution < 1.29 is 8.78 Å². The van der Waals surface area contributed by atoms with Crippen molar-refractivity contribution >= 4 is 5.69 Å². The van der Waals surface area contributed by atoms with E-state index in [-0.39, 0.29) is 17.4 Å². The molecule has 0 saturated carbocycles. The van der Waals surface area contributed by atoms with Crippen molar-refractivity contribution in [1.29, 1.82) is 5.26 Å². The number of benzene rings is 2. The van der Waals surface area contributed by atoms with Crippen molar-refractivity contribution in [2.75, 3.05) is 5.32 Å². The Morgan fingerprint density at radius 2 is 1.89 bits per heavy atom. The first kappa shape index (κ1) is 13.0. The van der Waals surface area contributed by atoms with Gasteiger partial charge in [-0.05, 0) is 42.8 Å². The second-order valence-electron chi connectivity index (χ2n) is 4.26. The van der Waals surface area contributed by atoms with Crippen molar-refractivity contribution in [3.8, 4) is 6.07 Å². The number of anilines is 1. The molecule has 0 spiro atoms. The van der Waals surface area contributed by atoms with Gasteiger partial charge in [0.15, 0.2) is 0 Å². The zero-order valence-electron chi connectivity index (χ0n) is 10.3. The zero-order chi connectivity index (χ0) is 13.8. The lowest BCUT2D eigenvalue weighted by molar-refractivity contribution is 0.622. The molecule has 0 aromatic heterocycles. The van der Waals surface area contributed by atoms with Gasteiger partial charge >= 0.3 is 0 Å². The third-order valence-corrected chi connectivity index (χ3v) is 2.76. The van der Waals surface area contributed by atoms with Crippen molar-refractivity contribution in [2.45, 2.75) is 13.0 Å². The zero-order valence-corrected chi connectivity index (χ0v) is 10.3. The molecule has 2 rings (SSSR count). The molecular weight excluding hydrogens is 246 g/mol. The molecule has 96 valence electrons. The van der Waals surface area contributed by atoms with Crippen LogP contribution in [0.4, 0.5) is 14.5 Å². The average Bonchev–Trinajstić information content (AvgIpc) is 2.38. The normalized spacial score (nSPS) is 11.7. The van der Waals surface area contributed by atoms with Crippen molar-refractivity contribution in [3.63, 3.8) is 0 Å². The molecule has 0 fully saturated rings. The quantitative estimate of drug-likeness (QED) is 0.902. The molecule has 0 aliphatic heterocycles. The highest BCUT2D eigenvalue weighted by atomic mass is 19.1. The van der Waals surface area contributed by atoms with Gasteiger partial charge in [-0.1, -0.05) is 12.1 Å². The van der Waals surface area contributed by atoms with Crippen molar-refractivity contribution in [2.24, 2.45) is 0 Å². The Morgan fingerprint density at radius 1 is 1.11 bits per heavy atom. The second-order valence-corrected chi connectivity index (χ2v) is 4.26. The molecule has 2 aromatic carbocycles. The molecule has 4 heteroatoms. The fourth-order valence-electron chi connectivity index (χ4n) is 1.85. The highest BCUT2D eigenvalue weighted by molar-refractivity contribution is 5.51. The maximum absolute atomic E-state index is 13.3. The summed E-state index contributed by atoms with van der Waals surface area (Å²) in [6.07, 6.45) is 0. The Labute approximate surface area is 110 Å². The molecule has 0 aliphatic carbocycles. The molecule has 0 radical (unpaired) electrons. The van der Waals surface area contributed by atoms with E-state index in [0.717, 1.165) is 11.6 Å². The maximum Gasteiger partial charge on any atom is 0.126 e. The van der Waals surface area contributed by atoms with Crippen LogP contribution >= 0.6 is 0 Å². The third kappa shape index (κ3) is 3.29. The summed E-state index contributed by atoms with van der Waals surface area (Å²) in [4.78, 5) is 0. The summed E-state index contributed by atoms with van der Waals surface area (Å²) in [7, 11) is 0. The molecule has 0 bridgehead atoms. The summed E-state index contributed by atoms with van der Waals surface area (Å²) >= 11 is 0. The summed E-state index contributed by atoms with van der Waals surface area (Å²) in [5.41, 5.74) is 1.49. The van der Waals surface area contributed by atoms with Crippen LogP contribution in [0.3, 0.4) is 0 Å². The summed E-state index contributed by atoms with van der Waals surface area (Å²) in [5.74, 6) is -0.795. The minimum absolute atomic E-state index is 0.191. The lowest BCUT2D eigenvalue weighted by Gasteiger charge is -2.16. The third-order valence-electron chi connectivity index (χ3n) is 2.76. The van der Waals surface area contributed by atoms with Crippen molar-refractivity contribution in [1.82, 2.24) is 0 Å². The van der Waals surface area contributed by atoms with Gasteiger partial charge in [0.25, 0.3) is 0 Å². The molecule has 1 unspecified atom stereocenters. The van der Waals surface area contributed by atoms with Gasteiger partial charge in [0, 0.05) is 11.7 Å². The SMILES string of the molecule is CC(Nc1cc(F)cc(C#N)c1)c1cccc(F)c1. The van der Waals surface area contributed by atoms with E-state index in [4.69, 9.17) is 5.26 Å². The topological polar surface area (TPSA) is 35.8 Å². The number of hydrogen-bond acceptors (Lipinski definition) is 2. The van der Waals surface area contributed by atoms with Crippen LogP contribution in [0.25, 0.3) is 0 Å². The lowest BCUT2D eigenvalue weighted by atomic mass is 10.1. The lowest BCUT2D eigenvalue weighted by Crippen LogP contribution is -2.07. The maximum atomic E-state index is 13.3. The summed E-state index contributed by atoms with van der Waals surface area (Å²) in [5, 5.41) is 11.8. The van der Waals surface area contributed by atoms with Crippen LogP contribution in [0.15, 0.2) is 42.5 Å². The molecule has 0 aliphatic rings. The molecule has 2 nitrogen and oxygen atoms in total. The first-order valence-electron chi connectivity index (χ1n) is 5.81. The van der Waals surface area contributed by atoms with Crippen LogP contribution in [0.1, 0.15) is 24.1 Å². The van der Waals surface area contributed by atoms with E-state index in [1.165, 1.54) is 18.2 Å². The number of hydrogen-bond donors (Lipinski definition) is 1. The largest absolute Gasteiger partial charge is 0.378 e. The van der Waals surface area contributed by atoms with Gasteiger partial charge < -0.3 is 5.32 Å². The van der Waals surface area contributed by atoms with Crippen LogP contribution < -0.4 is 5.32 Å². The number of nitriles is 1. The fraction of sp³-hybridized carbons (Fsp3) is 0.133. The summed E-state index contributed by atoms with van der Waals surface area (Å²) < 4.78 is 26.4. The molecule has 0 saturated heterocycles. The molecular formula is C15H12F2N2. The second kappa shape index (κ2) is 5.49. The fourth-order valence-corrected chi connectivity index (χ4v) is 1.85. The molecule has 19 heavy (non-hydrogen) atoms. The molecule has 0 amide bonds. The van der Waals surface area contributed by atoms with Gasteiger partial charge in [0.2, 0.25) is 0 Å². The minimum atomic E-state index is -0.479. The first-order valence-corrected chi connectivity index (χ1v) is 5.81. The van der Waals surface area contributed by atoms with E-state index >= 15 is 0 Å². The van der Waals surface area contributed by atoms with Gasteiger partial charge in [-0.2, -0.15) is 5.26 Å². The molecule has 1 N–H and O–H groups in total. The van der Waals surface area contributed by atoms with E-state index in [1.807, 2.05) is 13.0 Å².